The number of carbonyl (C=O) groups is 1. The summed E-state index contributed by atoms with van der Waals surface area (Å²) in [4.78, 5) is 11.4. The molecular weight excluding hydrogens is 178 g/mol. The zero-order chi connectivity index (χ0) is 9.14. The molecule has 1 aromatic heterocycles. The molecule has 4 nitrogen and oxygen atoms in total. The Hall–Kier alpha value is -1.23. The summed E-state index contributed by atoms with van der Waals surface area (Å²) in [6.07, 6.45) is 0. The van der Waals surface area contributed by atoms with E-state index in [9.17, 15) is 4.79 Å². The summed E-state index contributed by atoms with van der Waals surface area (Å²) in [6, 6.07) is 1.59. The molecule has 2 N–H and O–H groups in total. The molecule has 0 aliphatic heterocycles. The standard InChI is InChI=1S/C7H9NO3S/c1-10-5-3-4(8)6(12-5)7(9)11-2/h3H,8H2,1-2H3. The fraction of sp³-hybridized carbons (Fsp3) is 0.286. The van der Waals surface area contributed by atoms with Crippen LogP contribution in [0.1, 0.15) is 9.67 Å². The molecule has 0 aliphatic rings. The smallest absolute Gasteiger partial charge is 0.350 e. The van der Waals surface area contributed by atoms with Gasteiger partial charge in [-0.25, -0.2) is 4.79 Å². The fourth-order valence-electron chi connectivity index (χ4n) is 0.734. The summed E-state index contributed by atoms with van der Waals surface area (Å²) in [7, 11) is 2.83. The van der Waals surface area contributed by atoms with Crippen molar-refractivity contribution in [3.05, 3.63) is 10.9 Å². The van der Waals surface area contributed by atoms with Crippen molar-refractivity contribution in [3.63, 3.8) is 0 Å². The summed E-state index contributed by atoms with van der Waals surface area (Å²) in [5, 5.41) is 0.605. The minimum atomic E-state index is -0.430. The number of nitrogen functional groups attached to an aromatic ring is 1. The van der Waals surface area contributed by atoms with E-state index in [2.05, 4.69) is 4.74 Å². The molecule has 0 bridgehead atoms. The van der Waals surface area contributed by atoms with Crippen LogP contribution in [-0.4, -0.2) is 20.2 Å². The fourth-order valence-corrected chi connectivity index (χ4v) is 1.55. The Kier molecular flexibility index (Phi) is 2.54. The molecule has 0 spiro atoms. The summed E-state index contributed by atoms with van der Waals surface area (Å²) < 4.78 is 9.41. The maximum atomic E-state index is 11.0. The van der Waals surface area contributed by atoms with Gasteiger partial charge < -0.3 is 15.2 Å². The van der Waals surface area contributed by atoms with Gasteiger partial charge in [0.2, 0.25) is 0 Å². The van der Waals surface area contributed by atoms with Crippen molar-refractivity contribution in [2.75, 3.05) is 20.0 Å². The molecular formula is C7H9NO3S. The monoisotopic (exact) mass is 187 g/mol. The number of esters is 1. The molecule has 1 rings (SSSR count). The molecule has 12 heavy (non-hydrogen) atoms. The zero-order valence-corrected chi connectivity index (χ0v) is 7.60. The van der Waals surface area contributed by atoms with E-state index in [1.807, 2.05) is 0 Å². The lowest BCUT2D eigenvalue weighted by Gasteiger charge is -1.94. The molecule has 0 amide bonds. The van der Waals surface area contributed by atoms with E-state index in [1.165, 1.54) is 25.6 Å². The van der Waals surface area contributed by atoms with Gasteiger partial charge in [-0.2, -0.15) is 0 Å². The Morgan fingerprint density at radius 1 is 1.58 bits per heavy atom. The second-order valence-electron chi connectivity index (χ2n) is 2.05. The number of methoxy groups -OCH3 is 2. The van der Waals surface area contributed by atoms with Crippen LogP contribution in [0.2, 0.25) is 0 Å². The van der Waals surface area contributed by atoms with Crippen LogP contribution >= 0.6 is 11.3 Å². The molecule has 5 heteroatoms. The molecule has 0 atom stereocenters. The topological polar surface area (TPSA) is 61.5 Å². The Morgan fingerprint density at radius 3 is 2.67 bits per heavy atom. The van der Waals surface area contributed by atoms with Gasteiger partial charge in [0.1, 0.15) is 4.88 Å². The summed E-state index contributed by atoms with van der Waals surface area (Å²) in [6.45, 7) is 0. The lowest BCUT2D eigenvalue weighted by Crippen LogP contribution is -2.00. The Balaban J connectivity index is 2.99. The van der Waals surface area contributed by atoms with Gasteiger partial charge in [-0.05, 0) is 0 Å². The van der Waals surface area contributed by atoms with Gasteiger partial charge in [-0.1, -0.05) is 11.3 Å². The van der Waals surface area contributed by atoms with Gasteiger partial charge in [0.25, 0.3) is 0 Å². The minimum absolute atomic E-state index is 0.384. The van der Waals surface area contributed by atoms with Crippen molar-refractivity contribution in [1.82, 2.24) is 0 Å². The minimum Gasteiger partial charge on any atom is -0.487 e. The molecule has 0 aromatic carbocycles. The Morgan fingerprint density at radius 2 is 2.25 bits per heavy atom. The zero-order valence-electron chi connectivity index (χ0n) is 6.79. The predicted octanol–water partition coefficient (Wildman–Crippen LogP) is 1.13. The van der Waals surface area contributed by atoms with Crippen LogP contribution in [0.3, 0.4) is 0 Å². The van der Waals surface area contributed by atoms with Crippen molar-refractivity contribution in [2.24, 2.45) is 0 Å². The van der Waals surface area contributed by atoms with Crippen LogP contribution in [0.4, 0.5) is 5.69 Å². The first kappa shape index (κ1) is 8.86. The molecule has 1 aromatic rings. The van der Waals surface area contributed by atoms with Gasteiger partial charge >= 0.3 is 5.97 Å². The van der Waals surface area contributed by atoms with Gasteiger partial charge in [0.15, 0.2) is 5.06 Å². The second kappa shape index (κ2) is 3.44. The van der Waals surface area contributed by atoms with Crippen LogP contribution in [0, 0.1) is 0 Å². The molecule has 0 radical (unpaired) electrons. The van der Waals surface area contributed by atoms with Crippen LogP contribution in [0.25, 0.3) is 0 Å². The SMILES string of the molecule is COC(=O)c1sc(OC)cc1N. The molecule has 0 aliphatic carbocycles. The highest BCUT2D eigenvalue weighted by Gasteiger charge is 2.14. The van der Waals surface area contributed by atoms with E-state index < -0.39 is 5.97 Å². The Labute approximate surface area is 73.9 Å². The van der Waals surface area contributed by atoms with E-state index in [0.29, 0.717) is 15.6 Å². The van der Waals surface area contributed by atoms with E-state index in [4.69, 9.17) is 10.5 Å². The first-order chi connectivity index (χ1) is 5.69. The average molecular weight is 187 g/mol. The van der Waals surface area contributed by atoms with Crippen LogP contribution in [-0.2, 0) is 4.74 Å². The number of nitrogens with two attached hydrogens (primary N) is 1. The van der Waals surface area contributed by atoms with Gasteiger partial charge in [-0.3, -0.25) is 0 Å². The molecule has 66 valence electrons. The van der Waals surface area contributed by atoms with Crippen molar-refractivity contribution in [1.29, 1.82) is 0 Å². The third kappa shape index (κ3) is 1.50. The maximum Gasteiger partial charge on any atom is 0.350 e. The quantitative estimate of drug-likeness (QED) is 0.705. The number of hydrogen-bond donors (Lipinski definition) is 1. The first-order valence-electron chi connectivity index (χ1n) is 3.20. The Bertz CT molecular complexity index is 295. The number of ether oxygens (including phenoxy) is 2. The summed E-state index contributed by atoms with van der Waals surface area (Å²) >= 11 is 1.17. The molecule has 0 saturated carbocycles. The molecule has 0 unspecified atom stereocenters. The largest absolute Gasteiger partial charge is 0.487 e. The van der Waals surface area contributed by atoms with Gasteiger partial charge in [-0.15, -0.1) is 0 Å². The average Bonchev–Trinajstić information content (AvgIpc) is 2.45. The first-order valence-corrected chi connectivity index (χ1v) is 4.02. The van der Waals surface area contributed by atoms with Crippen molar-refractivity contribution in [2.45, 2.75) is 0 Å². The van der Waals surface area contributed by atoms with Gasteiger partial charge in [0, 0.05) is 6.07 Å². The normalized spacial score (nSPS) is 9.50. The molecule has 0 saturated heterocycles. The van der Waals surface area contributed by atoms with Gasteiger partial charge in [0.05, 0.1) is 19.9 Å². The van der Waals surface area contributed by atoms with Crippen LogP contribution in [0.5, 0.6) is 5.06 Å². The molecule has 0 fully saturated rings. The number of rotatable bonds is 2. The highest BCUT2D eigenvalue weighted by Crippen LogP contribution is 2.31. The lowest BCUT2D eigenvalue weighted by molar-refractivity contribution is 0.0607. The number of thiophene rings is 1. The van der Waals surface area contributed by atoms with E-state index in [1.54, 1.807) is 6.07 Å². The van der Waals surface area contributed by atoms with Crippen molar-refractivity contribution in [3.8, 4) is 5.06 Å². The third-order valence-corrected chi connectivity index (χ3v) is 2.40. The van der Waals surface area contributed by atoms with Crippen LogP contribution in [0.15, 0.2) is 6.07 Å². The predicted molar refractivity (Wildman–Crippen MR) is 46.6 cm³/mol. The van der Waals surface area contributed by atoms with Crippen LogP contribution < -0.4 is 10.5 Å². The summed E-state index contributed by atoms with van der Waals surface area (Å²) in [5.74, 6) is -0.430. The van der Waals surface area contributed by atoms with Crippen molar-refractivity contribution < 1.29 is 14.3 Å². The number of carbonyl (C=O) groups excluding carboxylic acids is 1. The van der Waals surface area contributed by atoms with E-state index in [-0.39, 0.29) is 0 Å². The third-order valence-electron chi connectivity index (χ3n) is 1.31. The number of hydrogen-bond acceptors (Lipinski definition) is 5. The molecule has 1 heterocycles. The van der Waals surface area contributed by atoms with E-state index in [0.717, 1.165) is 0 Å². The highest BCUT2D eigenvalue weighted by atomic mass is 32.1. The summed E-state index contributed by atoms with van der Waals surface area (Å²) in [5.41, 5.74) is 5.92. The van der Waals surface area contributed by atoms with E-state index >= 15 is 0 Å². The lowest BCUT2D eigenvalue weighted by atomic mass is 10.4. The maximum absolute atomic E-state index is 11.0. The highest BCUT2D eigenvalue weighted by molar-refractivity contribution is 7.16. The second-order valence-corrected chi connectivity index (χ2v) is 3.06. The van der Waals surface area contributed by atoms with Crippen molar-refractivity contribution >= 4 is 23.0 Å². The number of anilines is 1.